The van der Waals surface area contributed by atoms with Gasteiger partial charge in [-0.15, -0.1) is 68.0 Å². The molecule has 244 valence electrons. The van der Waals surface area contributed by atoms with Crippen molar-refractivity contribution in [2.45, 2.75) is 27.7 Å². The van der Waals surface area contributed by atoms with E-state index < -0.39 is 0 Å². The van der Waals surface area contributed by atoms with Gasteiger partial charge in [0, 0.05) is 82.1 Å². The molecule has 0 radical (unpaired) electrons. The molecule has 0 unspecified atom stereocenters. The molecule has 10 rings (SSSR count). The molecule has 6 heterocycles. The van der Waals surface area contributed by atoms with Gasteiger partial charge in [-0.2, -0.15) is 0 Å². The molecular formula is C42H30N2S6. The lowest BCUT2D eigenvalue weighted by Gasteiger charge is -2.05. The average Bonchev–Trinajstić information content (AvgIpc) is 3.96. The Balaban J connectivity index is 0.000000135. The van der Waals surface area contributed by atoms with Crippen molar-refractivity contribution in [3.8, 4) is 43.4 Å². The van der Waals surface area contributed by atoms with E-state index in [-0.39, 0.29) is 0 Å². The van der Waals surface area contributed by atoms with Crippen molar-refractivity contribution in [2.75, 3.05) is 0 Å². The molecule has 0 aliphatic rings. The molecule has 6 aromatic heterocycles. The predicted molar refractivity (Wildman–Crippen MR) is 226 cm³/mol. The van der Waals surface area contributed by atoms with Gasteiger partial charge in [0.25, 0.3) is 0 Å². The van der Waals surface area contributed by atoms with Gasteiger partial charge in [0.05, 0.1) is 32.2 Å². The number of aromatic nitrogens is 2. The largest absolute Gasteiger partial charge is 0.244 e. The topological polar surface area (TPSA) is 25.8 Å². The number of hydrogen-bond donors (Lipinski definition) is 0. The highest BCUT2D eigenvalue weighted by atomic mass is 32.1. The fraction of sp³-hybridized carbons (Fsp3) is 0.0952. The van der Waals surface area contributed by atoms with Crippen LogP contribution in [0.3, 0.4) is 0 Å². The molecule has 2 nitrogen and oxygen atoms in total. The number of fused-ring (bicyclic) bond motifs is 4. The van der Waals surface area contributed by atoms with Gasteiger partial charge in [-0.05, 0) is 52.0 Å². The van der Waals surface area contributed by atoms with Crippen molar-refractivity contribution in [3.63, 3.8) is 0 Å². The Labute approximate surface area is 314 Å². The van der Waals surface area contributed by atoms with E-state index in [0.29, 0.717) is 0 Å². The SMILES string of the molecule is Cc1sc2ccccc2c1-c1ncsc1-c1c(C)sc2ccccc12.Cc1sc2ccccc2c1-c1ncsc1-c1c(C)sc2ccccc12. The van der Waals surface area contributed by atoms with E-state index in [1.165, 1.54) is 91.9 Å². The van der Waals surface area contributed by atoms with Crippen LogP contribution >= 0.6 is 68.0 Å². The van der Waals surface area contributed by atoms with Crippen LogP contribution in [0.15, 0.2) is 108 Å². The first kappa shape index (κ1) is 31.9. The summed E-state index contributed by atoms with van der Waals surface area (Å²) in [4.78, 5) is 17.6. The highest BCUT2D eigenvalue weighted by molar-refractivity contribution is 7.22. The molecule has 0 amide bonds. The maximum atomic E-state index is 4.80. The van der Waals surface area contributed by atoms with Gasteiger partial charge in [0.15, 0.2) is 0 Å². The first-order valence-electron chi connectivity index (χ1n) is 16.3. The third kappa shape index (κ3) is 5.29. The lowest BCUT2D eigenvalue weighted by atomic mass is 10.0. The van der Waals surface area contributed by atoms with Crippen molar-refractivity contribution in [1.82, 2.24) is 9.97 Å². The van der Waals surface area contributed by atoms with Crippen LogP contribution in [0.25, 0.3) is 83.7 Å². The summed E-state index contributed by atoms with van der Waals surface area (Å²) in [6.07, 6.45) is 0. The fourth-order valence-corrected chi connectivity index (χ4v) is 13.2. The van der Waals surface area contributed by atoms with Crippen LogP contribution in [0.5, 0.6) is 0 Å². The number of thiophene rings is 4. The number of nitrogens with zero attached hydrogens (tertiary/aromatic N) is 2. The molecule has 4 aromatic carbocycles. The standard InChI is InChI=1S/2C21H15NS3/c2*1-12-18(14-7-3-5-9-16(14)24-12)20-21(23-11-22-20)19-13(2)25-17-10-6-4-8-15(17)19/h2*3-11H,1-2H3. The van der Waals surface area contributed by atoms with Gasteiger partial charge in [-0.3, -0.25) is 0 Å². The Hall–Kier alpha value is -4.02. The summed E-state index contributed by atoms with van der Waals surface area (Å²) < 4.78 is 5.36. The van der Waals surface area contributed by atoms with E-state index in [1.54, 1.807) is 22.7 Å². The van der Waals surface area contributed by atoms with Gasteiger partial charge in [0.2, 0.25) is 0 Å². The number of rotatable bonds is 4. The second kappa shape index (κ2) is 12.9. The number of aryl methyl sites for hydroxylation is 4. The summed E-state index contributed by atoms with van der Waals surface area (Å²) in [5.41, 5.74) is 11.5. The molecule has 0 aliphatic heterocycles. The molecule has 0 saturated heterocycles. The van der Waals surface area contributed by atoms with Gasteiger partial charge >= 0.3 is 0 Å². The van der Waals surface area contributed by atoms with E-state index in [4.69, 9.17) is 9.97 Å². The van der Waals surface area contributed by atoms with Gasteiger partial charge in [0.1, 0.15) is 0 Å². The second-order valence-electron chi connectivity index (χ2n) is 12.2. The van der Waals surface area contributed by atoms with Gasteiger partial charge in [-0.1, -0.05) is 72.8 Å². The number of thiazole rings is 2. The predicted octanol–water partition coefficient (Wildman–Crippen LogP) is 15.0. The van der Waals surface area contributed by atoms with E-state index >= 15 is 0 Å². The zero-order valence-corrected chi connectivity index (χ0v) is 32.6. The smallest absolute Gasteiger partial charge is 0.0908 e. The highest BCUT2D eigenvalue weighted by Gasteiger charge is 2.23. The summed E-state index contributed by atoms with van der Waals surface area (Å²) >= 11 is 11.0. The van der Waals surface area contributed by atoms with E-state index in [9.17, 15) is 0 Å². The van der Waals surface area contributed by atoms with Crippen molar-refractivity contribution < 1.29 is 0 Å². The molecule has 0 aliphatic carbocycles. The van der Waals surface area contributed by atoms with Crippen molar-refractivity contribution in [1.29, 1.82) is 0 Å². The maximum Gasteiger partial charge on any atom is 0.0908 e. The Morgan fingerprint density at radius 3 is 0.980 bits per heavy atom. The van der Waals surface area contributed by atoms with Crippen molar-refractivity contribution >= 4 is 108 Å². The molecule has 50 heavy (non-hydrogen) atoms. The van der Waals surface area contributed by atoms with E-state index in [1.807, 2.05) is 56.4 Å². The minimum absolute atomic E-state index is 1.13. The van der Waals surface area contributed by atoms with Crippen LogP contribution in [-0.2, 0) is 0 Å². The summed E-state index contributed by atoms with van der Waals surface area (Å²) in [6, 6.07) is 34.7. The maximum absolute atomic E-state index is 4.80. The summed E-state index contributed by atoms with van der Waals surface area (Å²) in [5, 5.41) is 5.31. The van der Waals surface area contributed by atoms with Crippen LogP contribution in [-0.4, -0.2) is 9.97 Å². The molecule has 0 saturated carbocycles. The summed E-state index contributed by atoms with van der Waals surface area (Å²) in [5.74, 6) is 0. The zero-order valence-electron chi connectivity index (χ0n) is 27.7. The zero-order chi connectivity index (χ0) is 33.9. The minimum atomic E-state index is 1.13. The molecule has 10 aromatic rings. The Kier molecular flexibility index (Phi) is 8.27. The second-order valence-corrected chi connectivity index (χ2v) is 18.9. The van der Waals surface area contributed by atoms with E-state index in [2.05, 4.69) is 125 Å². The first-order chi connectivity index (χ1) is 24.5. The summed E-state index contributed by atoms with van der Waals surface area (Å²) in [7, 11) is 0. The number of benzene rings is 4. The van der Waals surface area contributed by atoms with Crippen LogP contribution in [0.1, 0.15) is 19.5 Å². The van der Waals surface area contributed by atoms with Crippen LogP contribution in [0.4, 0.5) is 0 Å². The Morgan fingerprint density at radius 2 is 0.640 bits per heavy atom. The van der Waals surface area contributed by atoms with Crippen LogP contribution in [0, 0.1) is 27.7 Å². The quantitative estimate of drug-likeness (QED) is 0.179. The fourth-order valence-electron chi connectivity index (χ4n) is 7.03. The minimum Gasteiger partial charge on any atom is -0.244 e. The monoisotopic (exact) mass is 754 g/mol. The van der Waals surface area contributed by atoms with Gasteiger partial charge < -0.3 is 0 Å². The van der Waals surface area contributed by atoms with Crippen LogP contribution < -0.4 is 0 Å². The first-order valence-corrected chi connectivity index (χ1v) is 21.3. The Bertz CT molecular complexity index is 2450. The third-order valence-electron chi connectivity index (χ3n) is 9.15. The molecule has 8 heteroatoms. The lowest BCUT2D eigenvalue weighted by molar-refractivity contribution is 1.41. The highest BCUT2D eigenvalue weighted by Crippen LogP contribution is 2.49. The van der Waals surface area contributed by atoms with Gasteiger partial charge in [-0.25, -0.2) is 9.97 Å². The molecule has 0 spiro atoms. The molecule has 0 bridgehead atoms. The average molecular weight is 755 g/mol. The number of hydrogen-bond acceptors (Lipinski definition) is 8. The van der Waals surface area contributed by atoms with Crippen molar-refractivity contribution in [3.05, 3.63) is 128 Å². The molecule has 0 fully saturated rings. The summed E-state index contributed by atoms with van der Waals surface area (Å²) in [6.45, 7) is 8.87. The lowest BCUT2D eigenvalue weighted by Crippen LogP contribution is -1.83. The normalized spacial score (nSPS) is 11.6. The third-order valence-corrected chi connectivity index (χ3v) is 15.2. The Morgan fingerprint density at radius 1 is 0.360 bits per heavy atom. The van der Waals surface area contributed by atoms with Crippen LogP contribution in [0.2, 0.25) is 0 Å². The van der Waals surface area contributed by atoms with Crippen molar-refractivity contribution in [2.24, 2.45) is 0 Å². The molecular weight excluding hydrogens is 725 g/mol. The molecule has 0 N–H and O–H groups in total. The van der Waals surface area contributed by atoms with E-state index in [0.717, 1.165) is 11.4 Å². The molecule has 0 atom stereocenters.